The molecule has 0 saturated heterocycles. The van der Waals surface area contributed by atoms with Crippen LogP contribution in [0.5, 0.6) is 5.75 Å². The molecule has 22 heavy (non-hydrogen) atoms. The minimum atomic E-state index is 0.157. The van der Waals surface area contributed by atoms with Gasteiger partial charge < -0.3 is 14.6 Å². The summed E-state index contributed by atoms with van der Waals surface area (Å²) >= 11 is 14.0. The monoisotopic (exact) mass is 354 g/mol. The summed E-state index contributed by atoms with van der Waals surface area (Å²) in [7, 11) is 0. The molecule has 114 valence electrons. The van der Waals surface area contributed by atoms with E-state index in [1.165, 1.54) is 6.07 Å². The molecule has 2 aromatic heterocycles. The van der Waals surface area contributed by atoms with Crippen molar-refractivity contribution in [3.05, 3.63) is 32.9 Å². The number of hydrogen-bond donors (Lipinski definition) is 1. The van der Waals surface area contributed by atoms with Crippen LogP contribution in [0.4, 0.5) is 5.13 Å². The molecule has 1 aliphatic rings. The van der Waals surface area contributed by atoms with Crippen LogP contribution in [-0.4, -0.2) is 26.4 Å². The fourth-order valence-electron chi connectivity index (χ4n) is 2.87. The first-order valence-corrected chi connectivity index (χ1v) is 8.36. The highest BCUT2D eigenvalue weighted by Gasteiger charge is 2.24. The predicted octanol–water partition coefficient (Wildman–Crippen LogP) is 3.83. The number of nitrogens with zero attached hydrogens (tertiary/aromatic N) is 4. The zero-order chi connectivity index (χ0) is 15.4. The van der Waals surface area contributed by atoms with Gasteiger partial charge in [0.25, 0.3) is 0 Å². The highest BCUT2D eigenvalue weighted by molar-refractivity contribution is 7.15. The molecule has 0 spiro atoms. The molecule has 1 aromatic carbocycles. The van der Waals surface area contributed by atoms with Gasteiger partial charge in [-0.3, -0.25) is 0 Å². The van der Waals surface area contributed by atoms with E-state index in [0.717, 1.165) is 39.8 Å². The van der Waals surface area contributed by atoms with Crippen LogP contribution in [-0.2, 0) is 13.1 Å². The summed E-state index contributed by atoms with van der Waals surface area (Å²) in [5.41, 5.74) is 1.88. The van der Waals surface area contributed by atoms with Gasteiger partial charge in [0.1, 0.15) is 10.8 Å². The van der Waals surface area contributed by atoms with Crippen molar-refractivity contribution < 1.29 is 5.11 Å². The minimum absolute atomic E-state index is 0.157. The number of phenolic OH excluding ortho intramolecular Hbond substituents is 1. The van der Waals surface area contributed by atoms with Crippen molar-refractivity contribution in [1.82, 2.24) is 14.8 Å². The molecule has 5 nitrogen and oxygen atoms in total. The van der Waals surface area contributed by atoms with Gasteiger partial charge in [0.2, 0.25) is 5.13 Å². The molecule has 1 aliphatic heterocycles. The van der Waals surface area contributed by atoms with Crippen molar-refractivity contribution in [2.24, 2.45) is 0 Å². The zero-order valence-corrected chi connectivity index (χ0v) is 14.0. The number of rotatable bonds is 1. The normalized spacial score (nSPS) is 14.6. The average molecular weight is 355 g/mol. The van der Waals surface area contributed by atoms with Crippen LogP contribution in [0.15, 0.2) is 12.1 Å². The number of aryl methyl sites for hydroxylation is 1. The number of halogens is 2. The lowest BCUT2D eigenvalue weighted by molar-refractivity contribution is 0.481. The summed E-state index contributed by atoms with van der Waals surface area (Å²) in [4.78, 5) is 2.19. The molecule has 0 amide bonds. The molecule has 0 bridgehead atoms. The minimum Gasteiger partial charge on any atom is -0.507 e. The van der Waals surface area contributed by atoms with Crippen molar-refractivity contribution in [2.45, 2.75) is 20.0 Å². The highest BCUT2D eigenvalue weighted by Crippen LogP contribution is 2.40. The summed E-state index contributed by atoms with van der Waals surface area (Å²) in [5.74, 6) is 0.157. The van der Waals surface area contributed by atoms with E-state index >= 15 is 0 Å². The second-order valence-corrected chi connectivity index (χ2v) is 7.21. The van der Waals surface area contributed by atoms with Crippen molar-refractivity contribution in [3.8, 4) is 5.75 Å². The molecule has 3 heterocycles. The third-order valence-electron chi connectivity index (χ3n) is 3.87. The van der Waals surface area contributed by atoms with Gasteiger partial charge in [-0.2, -0.15) is 0 Å². The summed E-state index contributed by atoms with van der Waals surface area (Å²) in [6, 6.07) is 3.46. The van der Waals surface area contributed by atoms with Crippen LogP contribution >= 0.6 is 34.5 Å². The lowest BCUT2D eigenvalue weighted by Crippen LogP contribution is -2.33. The lowest BCUT2D eigenvalue weighted by atomic mass is 10.2. The van der Waals surface area contributed by atoms with Crippen LogP contribution < -0.4 is 4.90 Å². The lowest BCUT2D eigenvalue weighted by Gasteiger charge is -2.28. The molecule has 0 fully saturated rings. The quantitative estimate of drug-likeness (QED) is 0.721. The summed E-state index contributed by atoms with van der Waals surface area (Å²) in [6.07, 6.45) is 0. The number of aromatic hydroxyl groups is 1. The smallest absolute Gasteiger partial charge is 0.208 e. The van der Waals surface area contributed by atoms with Gasteiger partial charge in [0, 0.05) is 30.2 Å². The Balaban J connectivity index is 1.82. The van der Waals surface area contributed by atoms with E-state index in [1.54, 1.807) is 11.3 Å². The molecular weight excluding hydrogens is 343 g/mol. The number of anilines is 1. The molecule has 0 atom stereocenters. The summed E-state index contributed by atoms with van der Waals surface area (Å²) in [6.45, 7) is 4.23. The molecule has 0 unspecified atom stereocenters. The van der Waals surface area contributed by atoms with Crippen molar-refractivity contribution in [2.75, 3.05) is 11.4 Å². The van der Waals surface area contributed by atoms with E-state index in [9.17, 15) is 5.11 Å². The molecule has 0 aliphatic carbocycles. The van der Waals surface area contributed by atoms with Crippen molar-refractivity contribution in [3.63, 3.8) is 0 Å². The standard InChI is InChI=1S/C14H12Cl2N4OS/c1-7-17-18-14(22-7)19-2-3-20-8(6-19)4-9-11(21)5-10(15)12(16)13(9)20/h4-5,21H,2-3,6H2,1H3. The van der Waals surface area contributed by atoms with Crippen LogP contribution in [0.3, 0.4) is 0 Å². The van der Waals surface area contributed by atoms with Gasteiger partial charge in [-0.05, 0) is 13.0 Å². The Morgan fingerprint density at radius 1 is 1.23 bits per heavy atom. The van der Waals surface area contributed by atoms with Crippen LogP contribution in [0.25, 0.3) is 10.9 Å². The van der Waals surface area contributed by atoms with Crippen molar-refractivity contribution in [1.29, 1.82) is 0 Å². The van der Waals surface area contributed by atoms with Crippen LogP contribution in [0, 0.1) is 6.92 Å². The Kier molecular flexibility index (Phi) is 3.21. The maximum absolute atomic E-state index is 10.1. The average Bonchev–Trinajstić information content (AvgIpc) is 3.08. The van der Waals surface area contributed by atoms with E-state index in [1.807, 2.05) is 13.0 Å². The maximum Gasteiger partial charge on any atom is 0.208 e. The number of benzene rings is 1. The molecule has 0 saturated carbocycles. The molecule has 1 N–H and O–H groups in total. The topological polar surface area (TPSA) is 54.2 Å². The van der Waals surface area contributed by atoms with Gasteiger partial charge in [-0.1, -0.05) is 34.5 Å². The van der Waals surface area contributed by atoms with E-state index < -0.39 is 0 Å². The molecule has 3 aromatic rings. The van der Waals surface area contributed by atoms with Crippen molar-refractivity contribution >= 4 is 50.6 Å². The van der Waals surface area contributed by atoms with E-state index in [2.05, 4.69) is 19.7 Å². The van der Waals surface area contributed by atoms with Gasteiger partial charge in [-0.15, -0.1) is 10.2 Å². The zero-order valence-electron chi connectivity index (χ0n) is 11.7. The van der Waals surface area contributed by atoms with Gasteiger partial charge in [0.15, 0.2) is 0 Å². The van der Waals surface area contributed by atoms with Gasteiger partial charge in [-0.25, -0.2) is 0 Å². The van der Waals surface area contributed by atoms with E-state index in [4.69, 9.17) is 23.2 Å². The Bertz CT molecular complexity index is 889. The van der Waals surface area contributed by atoms with Crippen LogP contribution in [0.2, 0.25) is 10.0 Å². The van der Waals surface area contributed by atoms with E-state index in [0.29, 0.717) is 16.6 Å². The van der Waals surface area contributed by atoms with Gasteiger partial charge in [0.05, 0.1) is 22.1 Å². The number of aromatic nitrogens is 3. The number of phenols is 1. The Hall–Kier alpha value is -1.50. The third kappa shape index (κ3) is 2.06. The first kappa shape index (κ1) is 14.1. The Morgan fingerprint density at radius 3 is 2.77 bits per heavy atom. The predicted molar refractivity (Wildman–Crippen MR) is 89.3 cm³/mol. The van der Waals surface area contributed by atoms with Gasteiger partial charge >= 0.3 is 0 Å². The SMILES string of the molecule is Cc1nnc(N2CCn3c(cc4c(O)cc(Cl)c(Cl)c43)C2)s1. The largest absolute Gasteiger partial charge is 0.507 e. The maximum atomic E-state index is 10.1. The number of hydrogen-bond acceptors (Lipinski definition) is 5. The Morgan fingerprint density at radius 2 is 2.05 bits per heavy atom. The molecule has 0 radical (unpaired) electrons. The highest BCUT2D eigenvalue weighted by atomic mass is 35.5. The first-order valence-electron chi connectivity index (χ1n) is 6.78. The third-order valence-corrected chi connectivity index (χ3v) is 5.55. The number of fused-ring (bicyclic) bond motifs is 3. The molecular formula is C14H12Cl2N4OS. The fraction of sp³-hybridized carbons (Fsp3) is 0.286. The summed E-state index contributed by atoms with van der Waals surface area (Å²) in [5, 5.41) is 21.9. The fourth-order valence-corrected chi connectivity index (χ4v) is 4.03. The van der Waals surface area contributed by atoms with Crippen LogP contribution in [0.1, 0.15) is 10.7 Å². The summed E-state index contributed by atoms with van der Waals surface area (Å²) < 4.78 is 2.12. The molecule has 4 rings (SSSR count). The van der Waals surface area contributed by atoms with E-state index in [-0.39, 0.29) is 5.75 Å². The first-order chi connectivity index (χ1) is 10.5. The molecule has 8 heteroatoms. The second kappa shape index (κ2) is 5.01. The Labute approximate surface area is 140 Å². The second-order valence-electron chi connectivity index (χ2n) is 5.27.